The fourth-order valence-corrected chi connectivity index (χ4v) is 5.88. The molecule has 0 aromatic carbocycles. The molecule has 1 aliphatic carbocycles. The van der Waals surface area contributed by atoms with Crippen LogP contribution in [0.15, 0.2) is 36.9 Å². The van der Waals surface area contributed by atoms with Crippen molar-refractivity contribution in [3.63, 3.8) is 0 Å². The smallest absolute Gasteiger partial charge is 0.256 e. The Morgan fingerprint density at radius 3 is 2.68 bits per heavy atom. The topological polar surface area (TPSA) is 144 Å². The van der Waals surface area contributed by atoms with Gasteiger partial charge in [-0.15, -0.1) is 0 Å². The van der Waals surface area contributed by atoms with E-state index in [1.807, 2.05) is 24.6 Å². The predicted molar refractivity (Wildman–Crippen MR) is 135 cm³/mol. The van der Waals surface area contributed by atoms with Gasteiger partial charge in [0, 0.05) is 31.0 Å². The molecule has 2 unspecified atom stereocenters. The maximum atomic E-state index is 14.0. The van der Waals surface area contributed by atoms with Gasteiger partial charge in [0.1, 0.15) is 23.9 Å². The molecule has 0 bridgehead atoms. The quantitative estimate of drug-likeness (QED) is 0.367. The molecule has 1 aliphatic heterocycles. The number of β-amino-alcohol motifs (C(OH)–C–C–N with tert-alkyl or cyclic N) is 1. The van der Waals surface area contributed by atoms with Crippen LogP contribution in [0.3, 0.4) is 0 Å². The minimum Gasteiger partial charge on any atom is -0.388 e. The molecule has 0 amide bonds. The summed E-state index contributed by atoms with van der Waals surface area (Å²) in [5.74, 6) is 1.89. The summed E-state index contributed by atoms with van der Waals surface area (Å²) in [4.78, 5) is 15.0. The number of halogens is 1. The zero-order valence-corrected chi connectivity index (χ0v) is 21.0. The number of anilines is 3. The van der Waals surface area contributed by atoms with E-state index >= 15 is 0 Å². The zero-order chi connectivity index (χ0) is 25.9. The van der Waals surface area contributed by atoms with Gasteiger partial charge in [0.25, 0.3) is 10.0 Å². The Morgan fingerprint density at radius 2 is 1.97 bits per heavy atom. The lowest BCUT2D eigenvalue weighted by atomic mass is 10.2. The van der Waals surface area contributed by atoms with Gasteiger partial charge in [-0.3, -0.25) is 4.68 Å². The highest BCUT2D eigenvalue weighted by Crippen LogP contribution is 2.33. The summed E-state index contributed by atoms with van der Waals surface area (Å²) in [5.41, 5.74) is 1.29. The SMILES string of the molecule is CC(C)n1nc(N2CC(O)C(F)C2)c2cnc(Nc3ccnc(-c4cnn(S(=O)(=O)C5CC5)c4)n3)cc21. The molecule has 1 saturated carbocycles. The van der Waals surface area contributed by atoms with Crippen molar-refractivity contribution in [2.75, 3.05) is 23.3 Å². The molecule has 2 aliphatic rings. The average molecular weight is 528 g/mol. The first-order valence-electron chi connectivity index (χ1n) is 12.1. The second-order valence-corrected chi connectivity index (χ2v) is 11.7. The van der Waals surface area contributed by atoms with E-state index in [0.29, 0.717) is 41.7 Å². The minimum atomic E-state index is -3.48. The molecule has 1 saturated heterocycles. The number of pyridine rings is 1. The Morgan fingerprint density at radius 1 is 1.16 bits per heavy atom. The number of aromatic nitrogens is 7. The van der Waals surface area contributed by atoms with Crippen molar-refractivity contribution in [1.82, 2.24) is 33.9 Å². The van der Waals surface area contributed by atoms with E-state index in [2.05, 4.69) is 25.4 Å². The van der Waals surface area contributed by atoms with Gasteiger partial charge in [-0.25, -0.2) is 27.8 Å². The molecule has 37 heavy (non-hydrogen) atoms. The van der Waals surface area contributed by atoms with E-state index in [4.69, 9.17) is 5.10 Å². The summed E-state index contributed by atoms with van der Waals surface area (Å²) in [7, 11) is -3.48. The van der Waals surface area contributed by atoms with Gasteiger partial charge in [-0.2, -0.15) is 14.3 Å². The number of fused-ring (bicyclic) bond motifs is 1. The summed E-state index contributed by atoms with van der Waals surface area (Å²) >= 11 is 0. The first-order valence-corrected chi connectivity index (χ1v) is 13.6. The predicted octanol–water partition coefficient (Wildman–Crippen LogP) is 2.27. The van der Waals surface area contributed by atoms with Crippen LogP contribution in [0.25, 0.3) is 22.3 Å². The van der Waals surface area contributed by atoms with Crippen LogP contribution in [0.1, 0.15) is 32.7 Å². The third-order valence-corrected chi connectivity index (χ3v) is 8.55. The molecule has 0 spiro atoms. The monoisotopic (exact) mass is 527 g/mol. The Balaban J connectivity index is 1.28. The van der Waals surface area contributed by atoms with Gasteiger partial charge in [0.2, 0.25) is 0 Å². The van der Waals surface area contributed by atoms with Crippen LogP contribution in [0, 0.1) is 0 Å². The highest BCUT2D eigenvalue weighted by molar-refractivity contribution is 7.90. The van der Waals surface area contributed by atoms with Gasteiger partial charge in [0.05, 0.1) is 40.7 Å². The van der Waals surface area contributed by atoms with Crippen molar-refractivity contribution >= 4 is 38.4 Å². The Labute approximate surface area is 212 Å². The first kappa shape index (κ1) is 23.7. The largest absolute Gasteiger partial charge is 0.388 e. The third-order valence-electron chi connectivity index (χ3n) is 6.52. The Bertz CT molecular complexity index is 1570. The van der Waals surface area contributed by atoms with Gasteiger partial charge in [-0.1, -0.05) is 0 Å². The van der Waals surface area contributed by atoms with E-state index < -0.39 is 22.3 Å². The van der Waals surface area contributed by atoms with Crippen LogP contribution in [-0.2, 0) is 10.0 Å². The van der Waals surface area contributed by atoms with Crippen LogP contribution in [-0.4, -0.2) is 78.1 Å². The van der Waals surface area contributed by atoms with Crippen LogP contribution in [0.4, 0.5) is 21.8 Å². The van der Waals surface area contributed by atoms with Gasteiger partial charge in [0.15, 0.2) is 11.6 Å². The summed E-state index contributed by atoms with van der Waals surface area (Å²) in [6.45, 7) is 4.25. The average Bonchev–Trinajstić information content (AvgIpc) is 3.35. The van der Waals surface area contributed by atoms with Crippen molar-refractivity contribution < 1.29 is 17.9 Å². The highest BCUT2D eigenvalue weighted by Gasteiger charge is 2.38. The van der Waals surface area contributed by atoms with Crippen molar-refractivity contribution in [1.29, 1.82) is 0 Å². The second-order valence-electron chi connectivity index (χ2n) is 9.67. The van der Waals surface area contributed by atoms with E-state index in [-0.39, 0.29) is 24.4 Å². The molecule has 2 N–H and O–H groups in total. The summed E-state index contributed by atoms with van der Waals surface area (Å²) in [6, 6.07) is 3.56. The molecule has 6 rings (SSSR count). The van der Waals surface area contributed by atoms with Crippen molar-refractivity contribution in [2.45, 2.75) is 50.3 Å². The molecule has 2 atom stereocenters. The number of hydrogen-bond donors (Lipinski definition) is 2. The molecule has 0 radical (unpaired) electrons. The molecule has 12 nitrogen and oxygen atoms in total. The van der Waals surface area contributed by atoms with Gasteiger partial charge >= 0.3 is 0 Å². The zero-order valence-electron chi connectivity index (χ0n) is 20.2. The second kappa shape index (κ2) is 8.73. The van der Waals surface area contributed by atoms with E-state index in [1.54, 1.807) is 23.4 Å². The number of nitrogens with one attached hydrogen (secondary N) is 1. The normalized spacial score (nSPS) is 20.3. The number of aliphatic hydroxyl groups is 1. The van der Waals surface area contributed by atoms with Crippen molar-refractivity contribution in [3.8, 4) is 11.4 Å². The molecular weight excluding hydrogens is 501 g/mol. The first-order chi connectivity index (χ1) is 17.7. The van der Waals surface area contributed by atoms with Gasteiger partial charge < -0.3 is 15.3 Å². The van der Waals surface area contributed by atoms with E-state index in [1.165, 1.54) is 12.4 Å². The van der Waals surface area contributed by atoms with E-state index in [9.17, 15) is 17.9 Å². The fraction of sp³-hybridized carbons (Fsp3) is 0.435. The van der Waals surface area contributed by atoms with E-state index in [0.717, 1.165) is 15.0 Å². The van der Waals surface area contributed by atoms with Crippen molar-refractivity contribution in [3.05, 3.63) is 36.9 Å². The Hall–Kier alpha value is -3.65. The molecule has 194 valence electrons. The highest BCUT2D eigenvalue weighted by atomic mass is 32.2. The molecule has 14 heteroatoms. The fourth-order valence-electron chi connectivity index (χ4n) is 4.41. The minimum absolute atomic E-state index is 0.0364. The number of hydrogen-bond acceptors (Lipinski definition) is 10. The lowest BCUT2D eigenvalue weighted by molar-refractivity contribution is 0.118. The molecule has 5 heterocycles. The van der Waals surface area contributed by atoms with Crippen LogP contribution in [0.2, 0.25) is 0 Å². The maximum Gasteiger partial charge on any atom is 0.256 e. The van der Waals surface area contributed by atoms with Crippen LogP contribution >= 0.6 is 0 Å². The lowest BCUT2D eigenvalue weighted by Gasteiger charge is -2.14. The number of nitrogens with zero attached hydrogens (tertiary/aromatic N) is 8. The molecule has 4 aromatic rings. The molecule has 4 aromatic heterocycles. The van der Waals surface area contributed by atoms with Crippen LogP contribution < -0.4 is 10.2 Å². The standard InChI is InChI=1S/C23H26FN9O3S/c1-13(2)33-18-7-21(26-9-16(18)23(30-33)31-11-17(24)19(34)12-31)28-20-5-6-25-22(29-20)14-8-27-32(10-14)37(35,36)15-3-4-15/h5-10,13,15,17,19,34H,3-4,11-12H2,1-2H3,(H,25,26,28,29). The molecular formula is C23H26FN9O3S. The summed E-state index contributed by atoms with van der Waals surface area (Å²) in [6.07, 6.45) is 5.04. The van der Waals surface area contributed by atoms with Crippen LogP contribution in [0.5, 0.6) is 0 Å². The van der Waals surface area contributed by atoms with Crippen molar-refractivity contribution in [2.24, 2.45) is 0 Å². The number of alkyl halides is 1. The molecule has 2 fully saturated rings. The lowest BCUT2D eigenvalue weighted by Crippen LogP contribution is -2.22. The van der Waals surface area contributed by atoms with Gasteiger partial charge in [-0.05, 0) is 32.8 Å². The Kier molecular flexibility index (Phi) is 5.60. The maximum absolute atomic E-state index is 14.0. The number of rotatable bonds is 7. The third kappa shape index (κ3) is 4.29. The summed E-state index contributed by atoms with van der Waals surface area (Å²) < 4.78 is 41.7. The number of aliphatic hydroxyl groups excluding tert-OH is 1. The summed E-state index contributed by atoms with van der Waals surface area (Å²) in [5, 5.41) is 22.1.